The summed E-state index contributed by atoms with van der Waals surface area (Å²) in [5.74, 6) is -0.218. The van der Waals surface area contributed by atoms with E-state index >= 15 is 0 Å². The number of hydrogen-bond donors (Lipinski definition) is 1. The number of nitrogens with zero attached hydrogens (tertiary/aromatic N) is 2. The zero-order valence-corrected chi connectivity index (χ0v) is 14.4. The van der Waals surface area contributed by atoms with Crippen molar-refractivity contribution in [1.29, 1.82) is 0 Å². The number of halogens is 2. The minimum Gasteiger partial charge on any atom is -0.346 e. The summed E-state index contributed by atoms with van der Waals surface area (Å²) in [5, 5.41) is 3.89. The number of carbonyl (C=O) groups excluding carboxylic acids is 1. The fraction of sp³-hybridized carbons (Fsp3) is 0.111. The van der Waals surface area contributed by atoms with Gasteiger partial charge in [0, 0.05) is 17.3 Å². The molecule has 3 rings (SSSR count). The molecule has 0 spiro atoms. The maximum Gasteiger partial charge on any atom is 0.244 e. The van der Waals surface area contributed by atoms with E-state index in [1.54, 1.807) is 12.1 Å². The van der Waals surface area contributed by atoms with Gasteiger partial charge in [0.2, 0.25) is 5.91 Å². The minimum atomic E-state index is -0.218. The van der Waals surface area contributed by atoms with Crippen molar-refractivity contribution >= 4 is 40.8 Å². The van der Waals surface area contributed by atoms with Gasteiger partial charge in [-0.2, -0.15) is 0 Å². The van der Waals surface area contributed by atoms with E-state index in [4.69, 9.17) is 23.2 Å². The average Bonchev–Trinajstić information content (AvgIpc) is 2.88. The SMILES string of the molecule is C[C@@H](NC(=O)/C=C/c1c(Cl)nc2ccccn12)c1cccc(Cl)c1. The van der Waals surface area contributed by atoms with Gasteiger partial charge in [-0.15, -0.1) is 0 Å². The molecule has 122 valence electrons. The van der Waals surface area contributed by atoms with Gasteiger partial charge >= 0.3 is 0 Å². The van der Waals surface area contributed by atoms with Crippen LogP contribution in [0.2, 0.25) is 10.2 Å². The highest BCUT2D eigenvalue weighted by Crippen LogP contribution is 2.19. The van der Waals surface area contributed by atoms with Gasteiger partial charge in [-0.05, 0) is 42.8 Å². The van der Waals surface area contributed by atoms with Crippen molar-refractivity contribution in [2.45, 2.75) is 13.0 Å². The molecule has 0 fully saturated rings. The normalized spacial score (nSPS) is 12.6. The Morgan fingerprint density at radius 2 is 2.08 bits per heavy atom. The monoisotopic (exact) mass is 359 g/mol. The lowest BCUT2D eigenvalue weighted by atomic mass is 10.1. The molecule has 0 aliphatic heterocycles. The summed E-state index contributed by atoms with van der Waals surface area (Å²) in [7, 11) is 0. The highest BCUT2D eigenvalue weighted by molar-refractivity contribution is 6.31. The Labute approximate surface area is 149 Å². The van der Waals surface area contributed by atoms with E-state index in [1.807, 2.05) is 53.9 Å². The molecule has 0 saturated heterocycles. The molecule has 4 nitrogen and oxygen atoms in total. The van der Waals surface area contributed by atoms with Crippen LogP contribution in [0.5, 0.6) is 0 Å². The first kappa shape index (κ1) is 16.6. The molecule has 0 bridgehead atoms. The summed E-state index contributed by atoms with van der Waals surface area (Å²) >= 11 is 12.1. The van der Waals surface area contributed by atoms with Crippen molar-refractivity contribution in [3.05, 3.63) is 76.2 Å². The first-order chi connectivity index (χ1) is 11.5. The number of aromatic nitrogens is 2. The molecule has 0 unspecified atom stereocenters. The molecular formula is C18H15Cl2N3O. The Balaban J connectivity index is 1.74. The molecule has 1 amide bonds. The Hall–Kier alpha value is -2.30. The molecule has 2 aromatic heterocycles. The van der Waals surface area contributed by atoms with E-state index in [0.29, 0.717) is 15.9 Å². The Kier molecular flexibility index (Phi) is 4.88. The Morgan fingerprint density at radius 1 is 1.25 bits per heavy atom. The lowest BCUT2D eigenvalue weighted by Gasteiger charge is -2.13. The molecule has 1 atom stereocenters. The van der Waals surface area contributed by atoms with Gasteiger partial charge in [-0.25, -0.2) is 4.98 Å². The molecule has 0 radical (unpaired) electrons. The average molecular weight is 360 g/mol. The number of amides is 1. The smallest absolute Gasteiger partial charge is 0.244 e. The van der Waals surface area contributed by atoms with E-state index in [2.05, 4.69) is 10.3 Å². The van der Waals surface area contributed by atoms with Gasteiger partial charge in [0.25, 0.3) is 0 Å². The van der Waals surface area contributed by atoms with Gasteiger partial charge in [0.15, 0.2) is 5.15 Å². The van der Waals surface area contributed by atoms with Gasteiger partial charge in [0.05, 0.1) is 11.7 Å². The number of hydrogen-bond acceptors (Lipinski definition) is 2. The molecule has 1 N–H and O–H groups in total. The highest BCUT2D eigenvalue weighted by atomic mass is 35.5. The Morgan fingerprint density at radius 3 is 2.88 bits per heavy atom. The molecule has 1 aromatic carbocycles. The van der Waals surface area contributed by atoms with Crippen LogP contribution in [0, 0.1) is 0 Å². The van der Waals surface area contributed by atoms with E-state index in [0.717, 1.165) is 11.2 Å². The van der Waals surface area contributed by atoms with Crippen LogP contribution in [0.25, 0.3) is 11.7 Å². The fourth-order valence-corrected chi connectivity index (χ4v) is 2.85. The van der Waals surface area contributed by atoms with Crippen LogP contribution in [0.4, 0.5) is 0 Å². The molecule has 24 heavy (non-hydrogen) atoms. The number of pyridine rings is 1. The summed E-state index contributed by atoms with van der Waals surface area (Å²) in [6.07, 6.45) is 4.95. The van der Waals surface area contributed by atoms with Crippen molar-refractivity contribution < 1.29 is 4.79 Å². The van der Waals surface area contributed by atoms with Crippen LogP contribution in [-0.2, 0) is 4.79 Å². The fourth-order valence-electron chi connectivity index (χ4n) is 2.41. The predicted octanol–water partition coefficient (Wildman–Crippen LogP) is 4.53. The van der Waals surface area contributed by atoms with Crippen molar-refractivity contribution in [1.82, 2.24) is 14.7 Å². The van der Waals surface area contributed by atoms with Crippen LogP contribution in [0.15, 0.2) is 54.7 Å². The first-order valence-electron chi connectivity index (χ1n) is 7.41. The maximum absolute atomic E-state index is 12.2. The zero-order chi connectivity index (χ0) is 17.1. The van der Waals surface area contributed by atoms with E-state index in [1.165, 1.54) is 6.08 Å². The molecule has 0 aliphatic carbocycles. The van der Waals surface area contributed by atoms with Crippen LogP contribution >= 0.6 is 23.2 Å². The van der Waals surface area contributed by atoms with Gasteiger partial charge < -0.3 is 5.32 Å². The molecule has 2 heterocycles. The van der Waals surface area contributed by atoms with Gasteiger partial charge in [0.1, 0.15) is 5.65 Å². The molecule has 6 heteroatoms. The second kappa shape index (κ2) is 7.07. The van der Waals surface area contributed by atoms with E-state index in [-0.39, 0.29) is 11.9 Å². The molecule has 3 aromatic rings. The minimum absolute atomic E-state index is 0.154. The Bertz CT molecular complexity index is 918. The molecule has 0 aliphatic rings. The number of fused-ring (bicyclic) bond motifs is 1. The largest absolute Gasteiger partial charge is 0.346 e. The number of rotatable bonds is 4. The third kappa shape index (κ3) is 3.61. The zero-order valence-electron chi connectivity index (χ0n) is 12.9. The lowest BCUT2D eigenvalue weighted by molar-refractivity contribution is -0.117. The lowest BCUT2D eigenvalue weighted by Crippen LogP contribution is -2.24. The van der Waals surface area contributed by atoms with E-state index in [9.17, 15) is 4.79 Å². The van der Waals surface area contributed by atoms with Crippen molar-refractivity contribution in [2.75, 3.05) is 0 Å². The second-order valence-electron chi connectivity index (χ2n) is 5.34. The standard InChI is InChI=1S/C18H15Cl2N3O/c1-12(13-5-4-6-14(19)11-13)21-17(24)9-8-15-18(20)22-16-7-2-3-10-23(15)16/h2-12H,1H3,(H,21,24)/b9-8+/t12-/m1/s1. The number of imidazole rings is 1. The number of carbonyl (C=O) groups is 1. The molecule has 0 saturated carbocycles. The van der Waals surface area contributed by atoms with Crippen molar-refractivity contribution in [2.24, 2.45) is 0 Å². The van der Waals surface area contributed by atoms with Crippen LogP contribution in [0.1, 0.15) is 24.2 Å². The summed E-state index contributed by atoms with van der Waals surface area (Å²) in [4.78, 5) is 16.4. The third-order valence-electron chi connectivity index (χ3n) is 3.62. The number of benzene rings is 1. The predicted molar refractivity (Wildman–Crippen MR) is 97.2 cm³/mol. The number of nitrogens with one attached hydrogen (secondary N) is 1. The third-order valence-corrected chi connectivity index (χ3v) is 4.14. The molecular weight excluding hydrogens is 345 g/mol. The highest BCUT2D eigenvalue weighted by Gasteiger charge is 2.10. The summed E-state index contributed by atoms with van der Waals surface area (Å²) in [6, 6.07) is 12.9. The van der Waals surface area contributed by atoms with Crippen LogP contribution in [-0.4, -0.2) is 15.3 Å². The topological polar surface area (TPSA) is 46.4 Å². The van der Waals surface area contributed by atoms with Gasteiger partial charge in [-0.3, -0.25) is 9.20 Å². The van der Waals surface area contributed by atoms with Crippen LogP contribution < -0.4 is 5.32 Å². The second-order valence-corrected chi connectivity index (χ2v) is 6.13. The van der Waals surface area contributed by atoms with E-state index < -0.39 is 0 Å². The summed E-state index contributed by atoms with van der Waals surface area (Å²) in [5.41, 5.74) is 2.34. The van der Waals surface area contributed by atoms with Crippen LogP contribution in [0.3, 0.4) is 0 Å². The first-order valence-corrected chi connectivity index (χ1v) is 8.17. The maximum atomic E-state index is 12.2. The van der Waals surface area contributed by atoms with Crippen molar-refractivity contribution in [3.63, 3.8) is 0 Å². The summed E-state index contributed by atoms with van der Waals surface area (Å²) in [6.45, 7) is 1.90. The van der Waals surface area contributed by atoms with Gasteiger partial charge in [-0.1, -0.05) is 41.4 Å². The summed E-state index contributed by atoms with van der Waals surface area (Å²) < 4.78 is 1.83. The quantitative estimate of drug-likeness (QED) is 0.695. The van der Waals surface area contributed by atoms with Crippen molar-refractivity contribution in [3.8, 4) is 0 Å².